The Morgan fingerprint density at radius 1 is 0.634 bits per heavy atom. The lowest BCUT2D eigenvalue weighted by Crippen LogP contribution is -2.47. The topological polar surface area (TPSA) is 293 Å². The second-order valence-corrected chi connectivity index (χ2v) is 22.0. The molecule has 4 fully saturated rings. The average molecular weight is 1260 g/mol. The quantitative estimate of drug-likeness (QED) is 0.0584. The molecule has 26 heteroatoms. The normalized spacial score (nSPS) is 18.8. The van der Waals surface area contributed by atoms with Crippen molar-refractivity contribution in [2.24, 2.45) is 11.8 Å². The van der Waals surface area contributed by atoms with Crippen molar-refractivity contribution < 1.29 is 43.3 Å². The zero-order valence-electron chi connectivity index (χ0n) is 45.1. The predicted molar refractivity (Wildman–Crippen MR) is 309 cm³/mol. The summed E-state index contributed by atoms with van der Waals surface area (Å²) in [5.74, 6) is 1.03. The molecule has 424 valence electrons. The highest BCUT2D eigenvalue weighted by molar-refractivity contribution is 9.10. The SMILES string of the molecule is CC(=O)c1nn(CC(=O)N2[C@@H]3C[C@@H]3C[C@H]2C(=O)Nc2nc(Br)ccc2C)c2ccc(Oc3ncc(C)cn3)cc12.CC(=O)c1nn(CC(=O)O)c2ccc(Oc3ncc(C)cn3)cc12.Cc1ccc(Br)nc1NC(=O)[C@@H]1C[C@H]2C[C@H]2N1.Cl. The molecular weight excluding hydrogens is 1210 g/mol. The van der Waals surface area contributed by atoms with Crippen molar-refractivity contribution in [3.63, 3.8) is 0 Å². The molecule has 4 aliphatic rings. The highest BCUT2D eigenvalue weighted by atomic mass is 79.9. The Balaban J connectivity index is 0.000000163. The molecule has 2 aliphatic carbocycles. The molecule has 6 aromatic heterocycles. The Kier molecular flexibility index (Phi) is 17.5. The largest absolute Gasteiger partial charge is 0.480 e. The van der Waals surface area contributed by atoms with Gasteiger partial charge in [-0.25, -0.2) is 29.9 Å². The van der Waals surface area contributed by atoms with E-state index in [-0.39, 0.29) is 90.3 Å². The summed E-state index contributed by atoms with van der Waals surface area (Å²) < 4.78 is 15.5. The van der Waals surface area contributed by atoms with E-state index in [4.69, 9.17) is 14.6 Å². The van der Waals surface area contributed by atoms with Gasteiger partial charge in [-0.1, -0.05) is 12.1 Å². The first-order chi connectivity index (χ1) is 38.7. The van der Waals surface area contributed by atoms with Crippen LogP contribution in [0.15, 0.2) is 94.7 Å². The highest BCUT2D eigenvalue weighted by Crippen LogP contribution is 2.48. The number of piperidine rings is 2. The number of pyridine rings is 2. The first-order valence-corrected chi connectivity index (χ1v) is 27.5. The number of aromatic nitrogens is 10. The number of carbonyl (C=O) groups excluding carboxylic acids is 5. The smallest absolute Gasteiger partial charge is 0.325 e. The van der Waals surface area contributed by atoms with Gasteiger partial charge in [-0.05, 0) is 168 Å². The van der Waals surface area contributed by atoms with E-state index in [1.54, 1.807) is 72.2 Å². The van der Waals surface area contributed by atoms with Crippen molar-refractivity contribution in [3.05, 3.63) is 128 Å². The summed E-state index contributed by atoms with van der Waals surface area (Å²) in [7, 11) is 0. The first kappa shape index (κ1) is 58.5. The number of rotatable bonds is 14. The van der Waals surface area contributed by atoms with Gasteiger partial charge in [0.15, 0.2) is 11.6 Å². The molecule has 4 N–H and O–H groups in total. The molecular formula is C56H55Br2ClN14O9. The fourth-order valence-corrected chi connectivity index (χ4v) is 10.5. The van der Waals surface area contributed by atoms with Crippen molar-refractivity contribution in [1.29, 1.82) is 0 Å². The minimum Gasteiger partial charge on any atom is -0.480 e. The lowest BCUT2D eigenvalue weighted by atomic mass is 10.1. The van der Waals surface area contributed by atoms with Crippen molar-refractivity contribution in [3.8, 4) is 23.5 Å². The number of hydrogen-bond donors (Lipinski definition) is 4. The van der Waals surface area contributed by atoms with E-state index in [9.17, 15) is 28.8 Å². The third kappa shape index (κ3) is 13.4. The molecule has 8 aromatic rings. The van der Waals surface area contributed by atoms with Gasteiger partial charge in [-0.3, -0.25) is 38.1 Å². The number of fused-ring (bicyclic) bond motifs is 4. The Bertz CT molecular complexity index is 3800. The molecule has 0 spiro atoms. The maximum absolute atomic E-state index is 13.6. The molecule has 8 heterocycles. The number of nitrogens with one attached hydrogen (secondary N) is 3. The van der Waals surface area contributed by atoms with Crippen molar-refractivity contribution in [2.45, 2.75) is 104 Å². The summed E-state index contributed by atoms with van der Waals surface area (Å²) in [6, 6.07) is 17.9. The van der Waals surface area contributed by atoms with Crippen LogP contribution in [-0.2, 0) is 32.3 Å². The minimum absolute atomic E-state index is 0. The number of amides is 3. The summed E-state index contributed by atoms with van der Waals surface area (Å²) in [5, 5.41) is 27.7. The van der Waals surface area contributed by atoms with Crippen LogP contribution in [0.5, 0.6) is 23.5 Å². The van der Waals surface area contributed by atoms with Crippen LogP contribution in [0.2, 0.25) is 0 Å². The highest BCUT2D eigenvalue weighted by Gasteiger charge is 2.56. The number of aliphatic carboxylic acids is 1. The molecule has 2 saturated carbocycles. The van der Waals surface area contributed by atoms with Crippen LogP contribution in [0.1, 0.15) is 82.8 Å². The molecule has 12 rings (SSSR count). The number of benzene rings is 2. The molecule has 23 nitrogen and oxygen atoms in total. The van der Waals surface area contributed by atoms with Crippen molar-refractivity contribution >= 4 is 113 Å². The van der Waals surface area contributed by atoms with Crippen molar-refractivity contribution in [1.82, 2.24) is 59.7 Å². The summed E-state index contributed by atoms with van der Waals surface area (Å²) in [6.07, 6.45) is 10.2. The van der Waals surface area contributed by atoms with Crippen LogP contribution in [0.4, 0.5) is 11.6 Å². The summed E-state index contributed by atoms with van der Waals surface area (Å²) in [5.41, 5.74) is 5.20. The fourth-order valence-electron chi connectivity index (χ4n) is 9.86. The van der Waals surface area contributed by atoms with E-state index in [0.717, 1.165) is 45.6 Å². The van der Waals surface area contributed by atoms with Gasteiger partial charge in [0.2, 0.25) is 17.7 Å². The molecule has 6 atom stereocenters. The van der Waals surface area contributed by atoms with E-state index >= 15 is 0 Å². The molecule has 0 radical (unpaired) electrons. The van der Waals surface area contributed by atoms with E-state index in [1.807, 2.05) is 45.9 Å². The third-order valence-electron chi connectivity index (χ3n) is 14.1. The van der Waals surface area contributed by atoms with Crippen LogP contribution in [0.3, 0.4) is 0 Å². The number of likely N-dealkylation sites (tertiary alicyclic amines) is 1. The maximum atomic E-state index is 13.6. The van der Waals surface area contributed by atoms with Crippen LogP contribution >= 0.6 is 44.3 Å². The number of carbonyl (C=O) groups is 6. The molecule has 2 aliphatic heterocycles. The van der Waals surface area contributed by atoms with Crippen molar-refractivity contribution in [2.75, 3.05) is 10.6 Å². The minimum atomic E-state index is -1.04. The Hall–Kier alpha value is -8.13. The van der Waals surface area contributed by atoms with E-state index in [0.29, 0.717) is 67.9 Å². The number of halogens is 3. The second kappa shape index (κ2) is 24.5. The molecule has 0 unspecified atom stereocenters. The zero-order chi connectivity index (χ0) is 57.4. The van der Waals surface area contributed by atoms with Crippen LogP contribution in [0.25, 0.3) is 21.8 Å². The number of Topliss-reactive ketones (excluding diaryl/α,β-unsaturated/α-hetero) is 2. The monoisotopic (exact) mass is 1260 g/mol. The fraction of sp³-hybridized carbons (Fsp3) is 0.321. The van der Waals surface area contributed by atoms with Gasteiger partial charge in [0, 0.05) is 61.5 Å². The van der Waals surface area contributed by atoms with Gasteiger partial charge in [-0.2, -0.15) is 10.2 Å². The standard InChI is InChI=1S/C28H26BrN7O4.C16H14N4O4.C12H14BrN3O.ClH/c1-14-11-30-28(31-12-14)40-18-5-6-20-19(10-18)25(16(3)37)34-35(20)13-24(38)36-21-8-17(21)9-22(36)27(39)33-26-15(2)4-7-23(29)32-26;1-9-6-17-16(18-7-9)24-11-3-4-13-12(5-11)15(10(2)21)19-20(13)8-14(22)23;1-6-2-3-10(13)15-11(6)16-12(17)9-5-7-4-8(7)14-9;/h4-7,10-12,17,21-22H,8-9,13H2,1-3H3,(H,32,33,39);3-7H,8H2,1-2H3,(H,22,23);2-3,7-9,14H,4-5H2,1H3,(H,15,16,17);1H/t17-,21-,22+;;7-,8-,9+;/m1.1./s1. The lowest BCUT2D eigenvalue weighted by molar-refractivity contribution is -0.138. The Labute approximate surface area is 492 Å². The van der Waals surface area contributed by atoms with Gasteiger partial charge < -0.3 is 35.4 Å². The van der Waals surface area contributed by atoms with E-state index < -0.39 is 12.0 Å². The summed E-state index contributed by atoms with van der Waals surface area (Å²) in [4.78, 5) is 101. The number of hydrogen-bond acceptors (Lipinski definition) is 17. The number of ether oxygens (including phenoxy) is 2. The molecule has 2 saturated heterocycles. The Morgan fingerprint density at radius 2 is 1.12 bits per heavy atom. The van der Waals surface area contributed by atoms with Gasteiger partial charge >= 0.3 is 18.0 Å². The van der Waals surface area contributed by atoms with Gasteiger partial charge in [0.05, 0.1) is 17.1 Å². The van der Waals surface area contributed by atoms with Gasteiger partial charge in [0.1, 0.15) is 62.9 Å². The summed E-state index contributed by atoms with van der Waals surface area (Å²) >= 11 is 6.65. The molecule has 82 heavy (non-hydrogen) atoms. The lowest BCUT2D eigenvalue weighted by Gasteiger charge is -2.27. The number of anilines is 2. The molecule has 3 amide bonds. The first-order valence-electron chi connectivity index (χ1n) is 25.9. The number of carboxylic acids is 1. The average Bonchev–Trinajstić information content (AvgIpc) is 4.33. The van der Waals surface area contributed by atoms with Crippen LogP contribution in [-0.4, -0.2) is 119 Å². The van der Waals surface area contributed by atoms with Crippen LogP contribution in [0, 0.1) is 39.5 Å². The summed E-state index contributed by atoms with van der Waals surface area (Å²) in [6.45, 7) is 9.93. The molecule has 2 aromatic carbocycles. The number of ketones is 2. The third-order valence-corrected chi connectivity index (χ3v) is 15.0. The maximum Gasteiger partial charge on any atom is 0.325 e. The van der Waals surface area contributed by atoms with E-state index in [2.05, 4.69) is 87.9 Å². The predicted octanol–water partition coefficient (Wildman–Crippen LogP) is 8.70. The van der Waals surface area contributed by atoms with E-state index in [1.165, 1.54) is 29.6 Å². The molecule has 0 bridgehead atoms. The van der Waals surface area contributed by atoms with Gasteiger partial charge in [0.25, 0.3) is 0 Å². The zero-order valence-corrected chi connectivity index (χ0v) is 49.1. The number of aryl methyl sites for hydroxylation is 4. The van der Waals surface area contributed by atoms with Gasteiger partial charge in [-0.15, -0.1) is 12.4 Å². The number of carboxylic acid groups (broad SMARTS) is 1. The second-order valence-electron chi connectivity index (χ2n) is 20.4. The Morgan fingerprint density at radius 3 is 1.59 bits per heavy atom. The van der Waals surface area contributed by atoms with Crippen LogP contribution < -0.4 is 25.4 Å². The number of nitrogens with zero attached hydrogens (tertiary/aromatic N) is 11.